The third kappa shape index (κ3) is 21.7. The van der Waals surface area contributed by atoms with Crippen LogP contribution in [0.4, 0.5) is 17.5 Å². The summed E-state index contributed by atoms with van der Waals surface area (Å²) in [5.41, 5.74) is 35.7. The molecule has 0 unspecified atom stereocenters. The van der Waals surface area contributed by atoms with Crippen molar-refractivity contribution in [1.29, 1.82) is 0 Å². The molecule has 8 aromatic carbocycles. The number of aromatic nitrogens is 3. The molecule has 6 heterocycles. The Morgan fingerprint density at radius 3 is 1.16 bits per heavy atom. The van der Waals surface area contributed by atoms with E-state index in [-0.39, 0.29) is 70.7 Å². The minimum atomic E-state index is -1.40. The van der Waals surface area contributed by atoms with E-state index < -0.39 is 13.1 Å². The Kier molecular flexibility index (Phi) is 27.6. The Morgan fingerprint density at radius 1 is 0.444 bits per heavy atom. The van der Waals surface area contributed by atoms with E-state index in [0.717, 1.165) is 68.6 Å². The first-order valence-corrected chi connectivity index (χ1v) is 36.3. The number of likely N-dealkylation sites (tertiary alicyclic amines) is 3. The van der Waals surface area contributed by atoms with Gasteiger partial charge < -0.3 is 68.2 Å². The number of rotatable bonds is 14. The van der Waals surface area contributed by atoms with E-state index >= 15 is 0 Å². The first kappa shape index (κ1) is 78.7. The number of hydrogen-bond donors (Lipinski definition) is 9. The number of nitrogens with zero attached hydrogens (tertiary/aromatic N) is 6. The number of pyridine rings is 3. The van der Waals surface area contributed by atoms with Gasteiger partial charge in [0.25, 0.3) is 29.5 Å². The maximum atomic E-state index is 13.1. The molecule has 3 aliphatic rings. The lowest BCUT2D eigenvalue weighted by Gasteiger charge is -2.18. The number of nitrogens with one attached hydrogen (secondary N) is 2. The maximum Gasteiger partial charge on any atom is 0.488 e. The highest BCUT2D eigenvalue weighted by molar-refractivity contribution is 9.10. The second-order valence-corrected chi connectivity index (χ2v) is 27.5. The smallest absolute Gasteiger partial charge is 0.488 e. The standard InChI is InChI=1S/C30H28N4O2.C23H21BrN4O2.C17H18N2O.C7H9BO3.C6H5BrN2O2/c1-20-7-9-23(10-8-20)25-17-27(28(31)32-18-25)29(35)33-26-15-16-34(19-26)30(36)24-13-11-22(12-14-24)21-5-3-2-4-6-21;24-18-12-20(21(25)26-13-18)22(29)27-19-10-11-28(14-19)23(30)17-8-6-16(7-9-17)15-4-2-1-3-5-15;18-16-10-11-19(12-16)17(20)15-8-6-14(7-9-15)13-4-2-1-3-5-13;1-11-7-4-2-6(3-5-7)8(9)10;7-3-1-4(6(10)11)5(8)9-2-3/h2-14,17-18,26H,15-16,19H2,1H3,(H2,31,32)(H,33,35);1-9,12-13,19H,10-11,14H2,(H2,25,26)(H,27,29);1-9,16H,10-12,18H2;2-5,9-10H,1H3;1-2H,(H2,8,9)(H,10,11)/t26-;19-;16-;;/m111../s1. The van der Waals surface area contributed by atoms with Crippen molar-refractivity contribution in [2.45, 2.75) is 44.3 Å². The first-order valence-electron chi connectivity index (χ1n) is 34.7. The summed E-state index contributed by atoms with van der Waals surface area (Å²) < 4.78 is 6.17. The number of halogens is 2. The Labute approximate surface area is 643 Å². The molecule has 0 spiro atoms. The molecule has 25 heteroatoms. The van der Waals surface area contributed by atoms with Gasteiger partial charge in [-0.2, -0.15) is 0 Å². The second kappa shape index (κ2) is 37.9. The Hall–Kier alpha value is -11.9. The van der Waals surface area contributed by atoms with Crippen molar-refractivity contribution in [2.75, 3.05) is 63.6 Å². The van der Waals surface area contributed by atoms with Gasteiger partial charge in [-0.25, -0.2) is 19.7 Å². The largest absolute Gasteiger partial charge is 0.497 e. The number of aryl methyl sites for hydroxylation is 1. The van der Waals surface area contributed by atoms with Crippen molar-refractivity contribution in [3.63, 3.8) is 0 Å². The lowest BCUT2D eigenvalue weighted by atomic mass is 9.80. The van der Waals surface area contributed by atoms with Crippen molar-refractivity contribution in [2.24, 2.45) is 5.73 Å². The van der Waals surface area contributed by atoms with Crippen molar-refractivity contribution in [3.05, 3.63) is 297 Å². The summed E-state index contributed by atoms with van der Waals surface area (Å²) in [6, 6.07) is 72.6. The number of benzene rings is 8. The zero-order valence-corrected chi connectivity index (χ0v) is 62.5. The van der Waals surface area contributed by atoms with Gasteiger partial charge in [-0.1, -0.05) is 169 Å². The number of anilines is 3. The molecule has 0 radical (unpaired) electrons. The van der Waals surface area contributed by atoms with Crippen molar-refractivity contribution in [3.8, 4) is 50.3 Å². The highest BCUT2D eigenvalue weighted by atomic mass is 79.9. The molecule has 3 aliphatic heterocycles. The molecule has 3 aromatic heterocycles. The average molecular weight is 1580 g/mol. The van der Waals surface area contributed by atoms with Crippen molar-refractivity contribution >= 4 is 97.4 Å². The van der Waals surface area contributed by atoms with Crippen LogP contribution in [0.15, 0.2) is 258 Å². The van der Waals surface area contributed by atoms with Crippen LogP contribution in [0.25, 0.3) is 44.5 Å². The third-order valence-corrected chi connectivity index (χ3v) is 18.9. The number of aromatic carboxylic acids is 1. The SMILES string of the molecule is COc1ccc(B(O)O)cc1.Cc1ccc(-c2cnc(N)c(C(=O)N[C@@H]3CCN(C(=O)c4ccc(-c5ccccc5)cc4)C3)c2)cc1.N[C@@H]1CCN(C(=O)c2ccc(-c3ccccc3)cc2)C1.Nc1ncc(Br)cc1C(=O)N[C@@H]1CCN(C(=O)c2ccc(-c3ccccc3)cc2)C1.Nc1ncc(Br)cc1C(=O)O. The van der Waals surface area contributed by atoms with Gasteiger partial charge in [-0.15, -0.1) is 0 Å². The van der Waals surface area contributed by atoms with Gasteiger partial charge >= 0.3 is 13.1 Å². The monoisotopic (exact) mass is 1570 g/mol. The summed E-state index contributed by atoms with van der Waals surface area (Å²) >= 11 is 6.38. The maximum absolute atomic E-state index is 13.1. The van der Waals surface area contributed by atoms with Crippen LogP contribution in [-0.4, -0.2) is 152 Å². The van der Waals surface area contributed by atoms with Crippen molar-refractivity contribution in [1.82, 2.24) is 40.3 Å². The van der Waals surface area contributed by atoms with E-state index in [4.69, 9.17) is 42.8 Å². The van der Waals surface area contributed by atoms with Crippen LogP contribution in [0.5, 0.6) is 5.75 Å². The van der Waals surface area contributed by atoms with Crippen LogP contribution >= 0.6 is 31.9 Å². The minimum Gasteiger partial charge on any atom is -0.497 e. The molecule has 3 fully saturated rings. The van der Waals surface area contributed by atoms with E-state index in [0.29, 0.717) is 88.0 Å². The number of carbonyl (C=O) groups is 6. The number of carbonyl (C=O) groups excluding carboxylic acids is 5. The summed E-state index contributed by atoms with van der Waals surface area (Å²) in [5.74, 6) is -0.519. The number of nitrogens with two attached hydrogens (primary N) is 4. The van der Waals surface area contributed by atoms with Crippen molar-refractivity contribution < 1.29 is 48.7 Å². The van der Waals surface area contributed by atoms with E-state index in [1.54, 1.807) is 65.7 Å². The minimum absolute atomic E-state index is 0.0133. The average Bonchev–Trinajstić information content (AvgIpc) is 1.13. The van der Waals surface area contributed by atoms with E-state index in [1.807, 2.05) is 188 Å². The van der Waals surface area contributed by atoms with E-state index in [9.17, 15) is 28.8 Å². The number of ether oxygens (including phenoxy) is 1. The van der Waals surface area contributed by atoms with Crippen LogP contribution in [0, 0.1) is 6.92 Å². The number of amides is 5. The fourth-order valence-corrected chi connectivity index (χ4v) is 12.7. The first-order chi connectivity index (χ1) is 52.1. The molecule has 14 rings (SSSR count). The second-order valence-electron chi connectivity index (χ2n) is 25.7. The van der Waals surface area contributed by atoms with E-state index in [2.05, 4.69) is 69.6 Å². The summed E-state index contributed by atoms with van der Waals surface area (Å²) in [6.45, 7) is 5.55. The topological polar surface area (TPSA) is 349 Å². The fraction of sp³-hybridized carbons (Fsp3) is 0.169. The Morgan fingerprint density at radius 2 is 0.787 bits per heavy atom. The molecule has 0 bridgehead atoms. The normalized spacial score (nSPS) is 14.7. The lowest BCUT2D eigenvalue weighted by Crippen LogP contribution is -2.38. The summed E-state index contributed by atoms with van der Waals surface area (Å²) in [4.78, 5) is 91.5. The summed E-state index contributed by atoms with van der Waals surface area (Å²) in [6.07, 6.45) is 6.95. The molecule has 11 aromatic rings. The number of carboxylic acids is 1. The molecular weight excluding hydrogens is 1500 g/mol. The van der Waals surface area contributed by atoms with Gasteiger partial charge in [0, 0.05) is 107 Å². The van der Waals surface area contributed by atoms with Gasteiger partial charge in [0.05, 0.1) is 18.2 Å². The molecule has 3 atom stereocenters. The molecule has 0 saturated carbocycles. The fourth-order valence-electron chi connectivity index (χ4n) is 12.1. The zero-order valence-electron chi connectivity index (χ0n) is 59.3. The number of methoxy groups -OCH3 is 1. The van der Waals surface area contributed by atoms with Crippen LogP contribution in [-0.2, 0) is 0 Å². The molecule has 550 valence electrons. The highest BCUT2D eigenvalue weighted by Gasteiger charge is 2.31. The number of carboxylic acid groups (broad SMARTS) is 1. The Balaban J connectivity index is 0.000000155. The molecule has 5 amide bonds. The lowest BCUT2D eigenvalue weighted by molar-refractivity contribution is 0.0695. The molecule has 22 nitrogen and oxygen atoms in total. The van der Waals surface area contributed by atoms with Gasteiger partial charge in [0.15, 0.2) is 0 Å². The van der Waals surface area contributed by atoms with E-state index in [1.165, 1.54) is 12.3 Å². The van der Waals surface area contributed by atoms with Crippen LogP contribution in [0.3, 0.4) is 0 Å². The number of nitrogen functional groups attached to an aromatic ring is 3. The molecular formula is C83H81BBr2N12O10. The Bertz CT molecular complexity index is 4890. The summed E-state index contributed by atoms with van der Waals surface area (Å²) in [7, 11) is 0.158. The van der Waals surface area contributed by atoms with Gasteiger partial charge in [-0.3, -0.25) is 24.0 Å². The predicted molar refractivity (Wildman–Crippen MR) is 429 cm³/mol. The van der Waals surface area contributed by atoms with Gasteiger partial charge in [0.2, 0.25) is 0 Å². The van der Waals surface area contributed by atoms with Crippen LogP contribution in [0.1, 0.15) is 87.0 Å². The third-order valence-electron chi connectivity index (χ3n) is 18.1. The predicted octanol–water partition coefficient (Wildman–Crippen LogP) is 11.7. The molecule has 13 N–H and O–H groups in total. The van der Waals surface area contributed by atoms with Crippen LogP contribution < -0.4 is 43.8 Å². The van der Waals surface area contributed by atoms with Gasteiger partial charge in [0.1, 0.15) is 28.8 Å². The summed E-state index contributed by atoms with van der Waals surface area (Å²) in [5, 5.41) is 31.9. The van der Waals surface area contributed by atoms with Gasteiger partial charge in [-0.05, 0) is 169 Å². The van der Waals surface area contributed by atoms with Crippen LogP contribution in [0.2, 0.25) is 0 Å². The zero-order chi connectivity index (χ0) is 76.8. The molecule has 0 aliphatic carbocycles. The molecule has 3 saturated heterocycles. The molecule has 108 heavy (non-hydrogen) atoms. The number of hydrogen-bond acceptors (Lipinski definition) is 16. The quantitative estimate of drug-likeness (QED) is 0.0457. The highest BCUT2D eigenvalue weighted by Crippen LogP contribution is 2.28.